The van der Waals surface area contributed by atoms with Crippen molar-refractivity contribution in [2.24, 2.45) is 5.92 Å². The first-order chi connectivity index (χ1) is 15.3. The fraction of sp³-hybridized carbons (Fsp3) is 0.400. The van der Waals surface area contributed by atoms with Gasteiger partial charge in [0.15, 0.2) is 0 Å². The number of hydrogen-bond donors (Lipinski definition) is 1. The van der Waals surface area contributed by atoms with Gasteiger partial charge in [-0.1, -0.05) is 42.5 Å². The molecule has 0 aromatic heterocycles. The van der Waals surface area contributed by atoms with Crippen LogP contribution >= 0.6 is 0 Å². The van der Waals surface area contributed by atoms with Crippen LogP contribution < -0.4 is 9.46 Å². The normalized spacial score (nSPS) is 15.3. The van der Waals surface area contributed by atoms with Crippen molar-refractivity contribution >= 4 is 22.1 Å². The van der Waals surface area contributed by atoms with E-state index in [9.17, 15) is 13.2 Å². The summed E-state index contributed by atoms with van der Waals surface area (Å²) in [4.78, 5) is 14.1. The number of carbonyl (C=O) groups excluding carboxylic acids is 1. The highest BCUT2D eigenvalue weighted by atomic mass is 32.2. The van der Waals surface area contributed by atoms with Crippen molar-refractivity contribution in [2.45, 2.75) is 45.6 Å². The summed E-state index contributed by atoms with van der Waals surface area (Å²) < 4.78 is 32.5. The lowest BCUT2D eigenvalue weighted by Crippen LogP contribution is -2.46. The Hall–Kier alpha value is -2.80. The Labute approximate surface area is 191 Å². The number of amides is 2. The molecule has 1 heterocycles. The summed E-state index contributed by atoms with van der Waals surface area (Å²) in [5.41, 5.74) is 2.01. The number of aryl methyl sites for hydroxylation is 1. The molecule has 32 heavy (non-hydrogen) atoms. The van der Waals surface area contributed by atoms with Gasteiger partial charge in [0.25, 0.3) is 10.0 Å². The van der Waals surface area contributed by atoms with Crippen molar-refractivity contribution in [3.63, 3.8) is 0 Å². The predicted molar refractivity (Wildman–Crippen MR) is 128 cm³/mol. The van der Waals surface area contributed by atoms with Gasteiger partial charge in [-0.25, -0.2) is 17.9 Å². The first-order valence-electron chi connectivity index (χ1n) is 11.1. The molecule has 1 saturated heterocycles. The fourth-order valence-electron chi connectivity index (χ4n) is 3.79. The number of hydrogen-bond acceptors (Lipinski definition) is 4. The standard InChI is InChI=1S/C25H32N2O4S/c1-20(2)31-24-10-6-9-23(19-24)15-18-32(29,30)26-25(28)27-16-13-22(14-17-27)12-11-21-7-4-3-5-8-21/h3-10,15,18-20,22H,11-14,16-17H2,1-2H3,(H,26,28). The Morgan fingerprint density at radius 3 is 2.53 bits per heavy atom. The van der Waals surface area contributed by atoms with Crippen LogP contribution in [0.5, 0.6) is 5.75 Å². The number of ether oxygens (including phenoxy) is 1. The molecule has 0 unspecified atom stereocenters. The second kappa shape index (κ2) is 11.2. The van der Waals surface area contributed by atoms with E-state index >= 15 is 0 Å². The van der Waals surface area contributed by atoms with E-state index in [0.717, 1.165) is 31.1 Å². The number of carbonyl (C=O) groups is 1. The van der Waals surface area contributed by atoms with Crippen molar-refractivity contribution in [3.8, 4) is 5.75 Å². The summed E-state index contributed by atoms with van der Waals surface area (Å²) in [6.07, 6.45) is 5.37. The summed E-state index contributed by atoms with van der Waals surface area (Å²) in [6.45, 7) is 4.99. The summed E-state index contributed by atoms with van der Waals surface area (Å²) in [5, 5.41) is 1.02. The Bertz CT molecular complexity index is 1010. The van der Waals surface area contributed by atoms with E-state index in [1.54, 1.807) is 23.1 Å². The maximum absolute atomic E-state index is 12.5. The van der Waals surface area contributed by atoms with E-state index < -0.39 is 16.1 Å². The second-order valence-corrected chi connectivity index (χ2v) is 10.0. The largest absolute Gasteiger partial charge is 0.491 e. The molecular formula is C25H32N2O4S. The molecule has 2 amide bonds. The van der Waals surface area contributed by atoms with E-state index in [4.69, 9.17) is 4.74 Å². The molecule has 2 aromatic rings. The Morgan fingerprint density at radius 1 is 1.12 bits per heavy atom. The quantitative estimate of drug-likeness (QED) is 0.617. The lowest BCUT2D eigenvalue weighted by molar-refractivity contribution is 0.173. The van der Waals surface area contributed by atoms with Crippen LogP contribution in [0.15, 0.2) is 60.0 Å². The summed E-state index contributed by atoms with van der Waals surface area (Å²) in [5.74, 6) is 1.22. The van der Waals surface area contributed by atoms with Gasteiger partial charge in [-0.05, 0) is 74.8 Å². The third-order valence-corrected chi connectivity index (χ3v) is 6.44. The Morgan fingerprint density at radius 2 is 1.84 bits per heavy atom. The fourth-order valence-corrected chi connectivity index (χ4v) is 4.57. The van der Waals surface area contributed by atoms with Gasteiger partial charge in [0.05, 0.1) is 11.5 Å². The summed E-state index contributed by atoms with van der Waals surface area (Å²) in [7, 11) is -3.89. The number of urea groups is 1. The smallest absolute Gasteiger partial charge is 0.331 e. The molecular weight excluding hydrogens is 424 g/mol. The van der Waals surface area contributed by atoms with Gasteiger partial charge in [0.2, 0.25) is 0 Å². The third-order valence-electron chi connectivity index (χ3n) is 5.48. The van der Waals surface area contributed by atoms with Crippen molar-refractivity contribution < 1.29 is 17.9 Å². The highest BCUT2D eigenvalue weighted by Gasteiger charge is 2.24. The lowest BCUT2D eigenvalue weighted by atomic mass is 9.91. The molecule has 172 valence electrons. The van der Waals surface area contributed by atoms with E-state index in [1.165, 1.54) is 11.6 Å². The molecule has 1 aliphatic heterocycles. The highest BCUT2D eigenvalue weighted by Crippen LogP contribution is 2.22. The molecule has 7 heteroatoms. The van der Waals surface area contributed by atoms with Gasteiger partial charge < -0.3 is 9.64 Å². The molecule has 1 fully saturated rings. The molecule has 0 atom stereocenters. The lowest BCUT2D eigenvalue weighted by Gasteiger charge is -2.31. The predicted octanol–water partition coefficient (Wildman–Crippen LogP) is 4.83. The molecule has 0 bridgehead atoms. The average Bonchev–Trinajstić information content (AvgIpc) is 2.77. The van der Waals surface area contributed by atoms with Crippen LogP contribution in [0.1, 0.15) is 44.2 Å². The number of rotatable bonds is 8. The molecule has 0 saturated carbocycles. The number of benzene rings is 2. The molecule has 6 nitrogen and oxygen atoms in total. The van der Waals surface area contributed by atoms with Crippen molar-refractivity contribution in [3.05, 3.63) is 71.1 Å². The maximum atomic E-state index is 12.5. The molecule has 0 radical (unpaired) electrons. The molecule has 1 aliphatic rings. The van der Waals surface area contributed by atoms with Crippen LogP contribution in [0.25, 0.3) is 6.08 Å². The van der Waals surface area contributed by atoms with Crippen LogP contribution in [0, 0.1) is 5.92 Å². The SMILES string of the molecule is CC(C)Oc1cccc(C=CS(=O)(=O)NC(=O)N2CCC(CCc3ccccc3)CC2)c1. The zero-order valence-electron chi connectivity index (χ0n) is 18.7. The zero-order valence-corrected chi connectivity index (χ0v) is 19.6. The third kappa shape index (κ3) is 7.71. The van der Waals surface area contributed by atoms with Crippen LogP contribution in [0.4, 0.5) is 4.79 Å². The van der Waals surface area contributed by atoms with Gasteiger partial charge in [-0.3, -0.25) is 0 Å². The minimum absolute atomic E-state index is 0.0275. The van der Waals surface area contributed by atoms with Gasteiger partial charge in [0, 0.05) is 13.1 Å². The minimum atomic E-state index is -3.89. The number of sulfonamides is 1. The summed E-state index contributed by atoms with van der Waals surface area (Å²) >= 11 is 0. The monoisotopic (exact) mass is 456 g/mol. The van der Waals surface area contributed by atoms with E-state index in [0.29, 0.717) is 30.3 Å². The summed E-state index contributed by atoms with van der Waals surface area (Å²) in [6, 6.07) is 17.0. The number of likely N-dealkylation sites (tertiary alicyclic amines) is 1. The molecule has 2 aromatic carbocycles. The van der Waals surface area contributed by atoms with Crippen LogP contribution in [0.3, 0.4) is 0 Å². The van der Waals surface area contributed by atoms with Gasteiger partial charge in [0.1, 0.15) is 5.75 Å². The molecule has 0 aliphatic carbocycles. The van der Waals surface area contributed by atoms with Crippen molar-refractivity contribution in [1.82, 2.24) is 9.62 Å². The zero-order chi connectivity index (χ0) is 23.0. The second-order valence-electron chi connectivity index (χ2n) is 8.45. The van der Waals surface area contributed by atoms with Crippen molar-refractivity contribution in [1.29, 1.82) is 0 Å². The van der Waals surface area contributed by atoms with E-state index in [-0.39, 0.29) is 6.10 Å². The number of nitrogens with zero attached hydrogens (tertiary/aromatic N) is 1. The van der Waals surface area contributed by atoms with Gasteiger partial charge in [-0.2, -0.15) is 0 Å². The Balaban J connectivity index is 1.47. The first kappa shape index (κ1) is 23.9. The average molecular weight is 457 g/mol. The topological polar surface area (TPSA) is 75.7 Å². The number of piperidine rings is 1. The Kier molecular flexibility index (Phi) is 8.33. The van der Waals surface area contributed by atoms with Crippen LogP contribution in [-0.2, 0) is 16.4 Å². The van der Waals surface area contributed by atoms with Crippen molar-refractivity contribution in [2.75, 3.05) is 13.1 Å². The molecule has 1 N–H and O–H groups in total. The van der Waals surface area contributed by atoms with Gasteiger partial charge in [-0.15, -0.1) is 0 Å². The van der Waals surface area contributed by atoms with Crippen LogP contribution in [0.2, 0.25) is 0 Å². The molecule has 3 rings (SSSR count). The first-order valence-corrected chi connectivity index (χ1v) is 12.7. The number of nitrogens with one attached hydrogen (secondary N) is 1. The molecule has 0 spiro atoms. The van der Waals surface area contributed by atoms with Crippen LogP contribution in [-0.4, -0.2) is 38.5 Å². The minimum Gasteiger partial charge on any atom is -0.491 e. The van der Waals surface area contributed by atoms with Gasteiger partial charge >= 0.3 is 6.03 Å². The maximum Gasteiger partial charge on any atom is 0.331 e. The van der Waals surface area contributed by atoms with E-state index in [2.05, 4.69) is 16.9 Å². The highest BCUT2D eigenvalue weighted by molar-refractivity contribution is 7.93. The van der Waals surface area contributed by atoms with E-state index in [1.807, 2.05) is 38.1 Å².